The van der Waals surface area contributed by atoms with Crippen molar-refractivity contribution in [3.05, 3.63) is 46.1 Å². The quantitative estimate of drug-likeness (QED) is 0.436. The topological polar surface area (TPSA) is 69.6 Å². The molecule has 2 N–H and O–H groups in total. The zero-order valence-electron chi connectivity index (χ0n) is 18.2. The van der Waals surface area contributed by atoms with Gasteiger partial charge in [0.25, 0.3) is 0 Å². The fourth-order valence-electron chi connectivity index (χ4n) is 3.22. The summed E-state index contributed by atoms with van der Waals surface area (Å²) in [7, 11) is 1.89. The second kappa shape index (κ2) is 12.7. The summed E-state index contributed by atoms with van der Waals surface area (Å²) in [5.41, 5.74) is 3.24. The molecule has 0 saturated heterocycles. The smallest absolute Gasteiger partial charge is 0.303 e. The van der Waals surface area contributed by atoms with Crippen LogP contribution < -0.4 is 5.32 Å². The number of rotatable bonds is 13. The Labute approximate surface area is 180 Å². The number of nitrogens with one attached hydrogen (secondary N) is 1. The van der Waals surface area contributed by atoms with Crippen LogP contribution in [0.15, 0.2) is 30.0 Å². The molecule has 1 amide bonds. The van der Waals surface area contributed by atoms with Gasteiger partial charge in [0.2, 0.25) is 6.41 Å². The van der Waals surface area contributed by atoms with Crippen LogP contribution >= 0.6 is 11.6 Å². The van der Waals surface area contributed by atoms with Gasteiger partial charge in [0.05, 0.1) is 6.04 Å². The summed E-state index contributed by atoms with van der Waals surface area (Å²) in [5, 5.41) is 12.9. The number of carboxylic acids is 1. The van der Waals surface area contributed by atoms with E-state index >= 15 is 0 Å². The number of amides is 1. The molecule has 0 aliphatic heterocycles. The SMILES string of the molecule is CNC(/C(=C\N(C=O)CCCC(=O)O)C(C)C)c1ccc(CCC(C)C)c(Cl)c1. The minimum absolute atomic E-state index is 0.0398. The van der Waals surface area contributed by atoms with E-state index in [-0.39, 0.29) is 18.4 Å². The van der Waals surface area contributed by atoms with Crippen molar-refractivity contribution in [3.8, 4) is 0 Å². The third-order valence-electron chi connectivity index (χ3n) is 4.95. The highest BCUT2D eigenvalue weighted by Gasteiger charge is 2.20. The zero-order chi connectivity index (χ0) is 22.0. The van der Waals surface area contributed by atoms with E-state index < -0.39 is 5.97 Å². The molecule has 0 bridgehead atoms. The van der Waals surface area contributed by atoms with Crippen molar-refractivity contribution in [1.29, 1.82) is 0 Å². The molecule has 0 aliphatic carbocycles. The Morgan fingerprint density at radius 3 is 2.45 bits per heavy atom. The van der Waals surface area contributed by atoms with Crippen LogP contribution in [0.2, 0.25) is 5.02 Å². The summed E-state index contributed by atoms with van der Waals surface area (Å²) < 4.78 is 0. The Kier molecular flexibility index (Phi) is 11.0. The first-order valence-electron chi connectivity index (χ1n) is 10.3. The fraction of sp³-hybridized carbons (Fsp3) is 0.565. The van der Waals surface area contributed by atoms with Gasteiger partial charge in [0.1, 0.15) is 0 Å². The molecule has 0 aliphatic rings. The summed E-state index contributed by atoms with van der Waals surface area (Å²) in [6, 6.07) is 6.10. The molecular formula is C23H35ClN2O3. The average Bonchev–Trinajstić information content (AvgIpc) is 2.65. The first kappa shape index (κ1) is 25.2. The number of carboxylic acid groups (broad SMARTS) is 1. The normalized spacial score (nSPS) is 13.0. The highest BCUT2D eigenvalue weighted by atomic mass is 35.5. The first-order chi connectivity index (χ1) is 13.7. The van der Waals surface area contributed by atoms with Gasteiger partial charge in [-0.05, 0) is 60.9 Å². The molecule has 1 unspecified atom stereocenters. The number of hydrogen-bond donors (Lipinski definition) is 2. The van der Waals surface area contributed by atoms with Crippen molar-refractivity contribution in [3.63, 3.8) is 0 Å². The highest BCUT2D eigenvalue weighted by molar-refractivity contribution is 6.31. The van der Waals surface area contributed by atoms with E-state index in [0.29, 0.717) is 18.9 Å². The van der Waals surface area contributed by atoms with Gasteiger partial charge in [-0.1, -0.05) is 51.4 Å². The van der Waals surface area contributed by atoms with Gasteiger partial charge in [0.15, 0.2) is 0 Å². The number of carbonyl (C=O) groups excluding carboxylic acids is 1. The van der Waals surface area contributed by atoms with E-state index in [2.05, 4.69) is 45.1 Å². The summed E-state index contributed by atoms with van der Waals surface area (Å²) in [6.45, 7) is 8.93. The van der Waals surface area contributed by atoms with Crippen LogP contribution in [-0.4, -0.2) is 36.0 Å². The Morgan fingerprint density at radius 1 is 1.28 bits per heavy atom. The maximum absolute atomic E-state index is 11.5. The van der Waals surface area contributed by atoms with Gasteiger partial charge in [0, 0.05) is 24.2 Å². The molecule has 1 aromatic carbocycles. The molecule has 1 rings (SSSR count). The lowest BCUT2D eigenvalue weighted by Crippen LogP contribution is -2.25. The predicted molar refractivity (Wildman–Crippen MR) is 119 cm³/mol. The number of nitrogens with zero attached hydrogens (tertiary/aromatic N) is 1. The van der Waals surface area contributed by atoms with Crippen LogP contribution in [0.25, 0.3) is 0 Å². The van der Waals surface area contributed by atoms with E-state index in [0.717, 1.165) is 41.0 Å². The lowest BCUT2D eigenvalue weighted by atomic mass is 9.90. The van der Waals surface area contributed by atoms with Crippen LogP contribution in [0.4, 0.5) is 0 Å². The molecule has 1 aromatic rings. The van der Waals surface area contributed by atoms with Crippen LogP contribution in [0.5, 0.6) is 0 Å². The third-order valence-corrected chi connectivity index (χ3v) is 5.30. The predicted octanol–water partition coefficient (Wildman–Crippen LogP) is 5.05. The summed E-state index contributed by atoms with van der Waals surface area (Å²) >= 11 is 6.56. The van der Waals surface area contributed by atoms with E-state index in [4.69, 9.17) is 16.7 Å². The van der Waals surface area contributed by atoms with Crippen molar-refractivity contribution in [2.75, 3.05) is 13.6 Å². The molecule has 6 heteroatoms. The molecule has 0 heterocycles. The van der Waals surface area contributed by atoms with E-state index in [9.17, 15) is 9.59 Å². The van der Waals surface area contributed by atoms with Gasteiger partial charge in [-0.25, -0.2) is 0 Å². The lowest BCUT2D eigenvalue weighted by molar-refractivity contribution is -0.137. The Morgan fingerprint density at radius 2 is 1.97 bits per heavy atom. The van der Waals surface area contributed by atoms with E-state index in [1.54, 1.807) is 0 Å². The van der Waals surface area contributed by atoms with Crippen molar-refractivity contribution < 1.29 is 14.7 Å². The van der Waals surface area contributed by atoms with Gasteiger partial charge in [-0.2, -0.15) is 0 Å². The number of likely N-dealkylation sites (N-methyl/N-ethyl adjacent to an activating group) is 1. The molecule has 0 aromatic heterocycles. The summed E-state index contributed by atoms with van der Waals surface area (Å²) in [5.74, 6) is -0.0419. The molecule has 0 radical (unpaired) electrons. The molecule has 5 nitrogen and oxygen atoms in total. The van der Waals surface area contributed by atoms with Gasteiger partial charge in [-0.3, -0.25) is 9.59 Å². The standard InChI is InChI=1S/C23H35ClN2O3/c1-16(2)8-9-18-10-11-19(13-21(18)24)23(25-5)20(17(3)4)14-26(15-27)12-6-7-22(28)29/h10-11,13-17,23,25H,6-9,12H2,1-5H3,(H,28,29)/b20-14-. The molecule has 0 fully saturated rings. The number of aliphatic carboxylic acids is 1. The lowest BCUT2D eigenvalue weighted by Gasteiger charge is -2.26. The number of benzene rings is 1. The number of hydrogen-bond acceptors (Lipinski definition) is 3. The maximum atomic E-state index is 11.5. The Bertz CT molecular complexity index is 701. The number of aryl methyl sites for hydroxylation is 1. The van der Waals surface area contributed by atoms with Crippen LogP contribution in [0.3, 0.4) is 0 Å². The average molecular weight is 423 g/mol. The van der Waals surface area contributed by atoms with E-state index in [1.165, 1.54) is 4.90 Å². The summed E-state index contributed by atoms with van der Waals surface area (Å²) in [4.78, 5) is 23.8. The summed E-state index contributed by atoms with van der Waals surface area (Å²) in [6.07, 6.45) is 5.08. The van der Waals surface area contributed by atoms with Crippen molar-refractivity contribution in [2.24, 2.45) is 11.8 Å². The number of halogens is 1. The van der Waals surface area contributed by atoms with E-state index in [1.807, 2.05) is 19.3 Å². The minimum atomic E-state index is -0.857. The monoisotopic (exact) mass is 422 g/mol. The van der Waals surface area contributed by atoms with Crippen molar-refractivity contribution in [2.45, 2.75) is 59.4 Å². The maximum Gasteiger partial charge on any atom is 0.303 e. The third kappa shape index (κ3) is 8.58. The van der Waals surface area contributed by atoms with Crippen LogP contribution in [0.1, 0.15) is 64.1 Å². The first-order valence-corrected chi connectivity index (χ1v) is 10.7. The van der Waals surface area contributed by atoms with Gasteiger partial charge < -0.3 is 15.3 Å². The largest absolute Gasteiger partial charge is 0.481 e. The van der Waals surface area contributed by atoms with Gasteiger partial charge >= 0.3 is 5.97 Å². The Balaban J connectivity index is 3.09. The Hall–Kier alpha value is -1.85. The number of carbonyl (C=O) groups is 2. The molecular weight excluding hydrogens is 388 g/mol. The molecule has 162 valence electrons. The second-order valence-corrected chi connectivity index (χ2v) is 8.54. The van der Waals surface area contributed by atoms with Gasteiger partial charge in [-0.15, -0.1) is 0 Å². The molecule has 1 atom stereocenters. The second-order valence-electron chi connectivity index (χ2n) is 8.13. The van der Waals surface area contributed by atoms with Crippen LogP contribution in [-0.2, 0) is 16.0 Å². The van der Waals surface area contributed by atoms with Crippen molar-refractivity contribution in [1.82, 2.24) is 10.2 Å². The van der Waals surface area contributed by atoms with Crippen molar-refractivity contribution >= 4 is 24.0 Å². The van der Waals surface area contributed by atoms with Crippen LogP contribution in [0, 0.1) is 11.8 Å². The zero-order valence-corrected chi connectivity index (χ0v) is 19.0. The molecule has 0 saturated carbocycles. The minimum Gasteiger partial charge on any atom is -0.481 e. The molecule has 29 heavy (non-hydrogen) atoms. The highest BCUT2D eigenvalue weighted by Crippen LogP contribution is 2.31. The fourth-order valence-corrected chi connectivity index (χ4v) is 3.51. The molecule has 0 spiro atoms.